The lowest BCUT2D eigenvalue weighted by Gasteiger charge is -2.22. The third-order valence-electron chi connectivity index (χ3n) is 3.98. The van der Waals surface area contributed by atoms with Crippen LogP contribution in [0.3, 0.4) is 0 Å². The third kappa shape index (κ3) is 2.22. The Balaban J connectivity index is 1.97. The van der Waals surface area contributed by atoms with Crippen molar-refractivity contribution in [2.45, 2.75) is 38.6 Å². The van der Waals surface area contributed by atoms with E-state index in [4.69, 9.17) is 4.52 Å². The van der Waals surface area contributed by atoms with Crippen LogP contribution in [0, 0.1) is 12.7 Å². The van der Waals surface area contributed by atoms with Gasteiger partial charge in [-0.2, -0.15) is 4.98 Å². The predicted molar refractivity (Wildman–Crippen MR) is 73.6 cm³/mol. The Labute approximate surface area is 117 Å². The van der Waals surface area contributed by atoms with Crippen molar-refractivity contribution in [2.24, 2.45) is 0 Å². The fourth-order valence-electron chi connectivity index (χ4n) is 2.84. The normalized spacial score (nSPS) is 22.4. The molecule has 1 aromatic carbocycles. The summed E-state index contributed by atoms with van der Waals surface area (Å²) in [7, 11) is 0. The van der Waals surface area contributed by atoms with Crippen LogP contribution in [0.1, 0.15) is 37.6 Å². The SMILES string of the molecule is CCC1(c2nc(-c3cc(C)cc(F)c3)no2)CCCN1. The van der Waals surface area contributed by atoms with Crippen LogP contribution in [0.4, 0.5) is 4.39 Å². The van der Waals surface area contributed by atoms with Crippen LogP contribution in [0.5, 0.6) is 0 Å². The monoisotopic (exact) mass is 275 g/mol. The number of aryl methyl sites for hydroxylation is 1. The van der Waals surface area contributed by atoms with E-state index in [9.17, 15) is 4.39 Å². The molecule has 1 N–H and O–H groups in total. The molecule has 106 valence electrons. The van der Waals surface area contributed by atoms with Crippen LogP contribution in [0.2, 0.25) is 0 Å². The van der Waals surface area contributed by atoms with Gasteiger partial charge in [0, 0.05) is 5.56 Å². The maximum Gasteiger partial charge on any atom is 0.247 e. The minimum Gasteiger partial charge on any atom is -0.337 e. The van der Waals surface area contributed by atoms with E-state index in [1.54, 1.807) is 0 Å². The Morgan fingerprint density at radius 3 is 2.90 bits per heavy atom. The van der Waals surface area contributed by atoms with Crippen LogP contribution < -0.4 is 5.32 Å². The molecule has 0 aliphatic carbocycles. The Morgan fingerprint density at radius 1 is 1.40 bits per heavy atom. The van der Waals surface area contributed by atoms with Crippen molar-refractivity contribution in [2.75, 3.05) is 6.54 Å². The van der Waals surface area contributed by atoms with Gasteiger partial charge in [0.1, 0.15) is 5.82 Å². The Bertz CT molecular complexity index is 597. The highest BCUT2D eigenvalue weighted by molar-refractivity contribution is 5.55. The standard InChI is InChI=1S/C15H18FN3O/c1-3-15(5-4-6-17-15)14-18-13(19-20-14)11-7-10(2)8-12(16)9-11/h7-9,17H,3-6H2,1-2H3. The summed E-state index contributed by atoms with van der Waals surface area (Å²) < 4.78 is 18.9. The van der Waals surface area contributed by atoms with E-state index in [0.717, 1.165) is 31.4 Å². The van der Waals surface area contributed by atoms with Gasteiger partial charge in [0.25, 0.3) is 0 Å². The lowest BCUT2D eigenvalue weighted by atomic mass is 9.94. The quantitative estimate of drug-likeness (QED) is 0.934. The Kier molecular flexibility index (Phi) is 3.30. The molecular weight excluding hydrogens is 257 g/mol. The van der Waals surface area contributed by atoms with Gasteiger partial charge in [-0.25, -0.2) is 4.39 Å². The van der Waals surface area contributed by atoms with Crippen molar-refractivity contribution in [3.8, 4) is 11.4 Å². The third-order valence-corrected chi connectivity index (χ3v) is 3.98. The van der Waals surface area contributed by atoms with Crippen molar-refractivity contribution >= 4 is 0 Å². The average molecular weight is 275 g/mol. The first kappa shape index (κ1) is 13.2. The summed E-state index contributed by atoms with van der Waals surface area (Å²) in [6.07, 6.45) is 2.99. The second kappa shape index (κ2) is 4.98. The summed E-state index contributed by atoms with van der Waals surface area (Å²) in [6.45, 7) is 4.92. The summed E-state index contributed by atoms with van der Waals surface area (Å²) in [5.41, 5.74) is 1.28. The maximum atomic E-state index is 13.5. The molecule has 1 saturated heterocycles. The van der Waals surface area contributed by atoms with Crippen LogP contribution in [0.15, 0.2) is 22.7 Å². The Morgan fingerprint density at radius 2 is 2.25 bits per heavy atom. The van der Waals surface area contributed by atoms with E-state index < -0.39 is 0 Å². The van der Waals surface area contributed by atoms with Crippen molar-refractivity contribution in [3.05, 3.63) is 35.5 Å². The van der Waals surface area contributed by atoms with Gasteiger partial charge < -0.3 is 9.84 Å². The fraction of sp³-hybridized carbons (Fsp3) is 0.467. The summed E-state index contributed by atoms with van der Waals surface area (Å²) in [6, 6.07) is 4.78. The molecule has 0 amide bonds. The topological polar surface area (TPSA) is 51.0 Å². The molecule has 0 saturated carbocycles. The fourth-order valence-corrected chi connectivity index (χ4v) is 2.84. The van der Waals surface area contributed by atoms with E-state index in [1.807, 2.05) is 13.0 Å². The van der Waals surface area contributed by atoms with Crippen molar-refractivity contribution in [1.82, 2.24) is 15.5 Å². The highest BCUT2D eigenvalue weighted by Crippen LogP contribution is 2.34. The lowest BCUT2D eigenvalue weighted by Crippen LogP contribution is -2.36. The summed E-state index contributed by atoms with van der Waals surface area (Å²) in [4.78, 5) is 4.48. The number of aromatic nitrogens is 2. The number of hydrogen-bond acceptors (Lipinski definition) is 4. The molecule has 1 unspecified atom stereocenters. The van der Waals surface area contributed by atoms with E-state index in [0.29, 0.717) is 17.3 Å². The maximum absolute atomic E-state index is 13.5. The molecule has 1 aliphatic rings. The van der Waals surface area contributed by atoms with Gasteiger partial charge in [-0.05, 0) is 56.5 Å². The van der Waals surface area contributed by atoms with Crippen LogP contribution in [-0.2, 0) is 5.54 Å². The van der Waals surface area contributed by atoms with Gasteiger partial charge in [0.05, 0.1) is 5.54 Å². The number of hydrogen-bond donors (Lipinski definition) is 1. The first-order valence-corrected chi connectivity index (χ1v) is 7.00. The van der Waals surface area contributed by atoms with Gasteiger partial charge >= 0.3 is 0 Å². The van der Waals surface area contributed by atoms with Gasteiger partial charge in [-0.1, -0.05) is 12.1 Å². The van der Waals surface area contributed by atoms with E-state index in [1.165, 1.54) is 12.1 Å². The second-order valence-corrected chi connectivity index (χ2v) is 5.41. The summed E-state index contributed by atoms with van der Waals surface area (Å²) >= 11 is 0. The summed E-state index contributed by atoms with van der Waals surface area (Å²) in [5, 5.41) is 7.47. The molecule has 2 aromatic rings. The first-order chi connectivity index (χ1) is 9.63. The molecule has 1 aromatic heterocycles. The first-order valence-electron chi connectivity index (χ1n) is 7.00. The zero-order valence-electron chi connectivity index (χ0n) is 11.7. The molecule has 2 heterocycles. The predicted octanol–water partition coefficient (Wildman–Crippen LogP) is 3.17. The van der Waals surface area contributed by atoms with Crippen molar-refractivity contribution < 1.29 is 8.91 Å². The molecule has 0 spiro atoms. The van der Waals surface area contributed by atoms with Gasteiger partial charge in [-0.3, -0.25) is 0 Å². The van der Waals surface area contributed by atoms with Crippen molar-refractivity contribution in [1.29, 1.82) is 0 Å². The average Bonchev–Trinajstić information content (AvgIpc) is 3.07. The number of nitrogens with one attached hydrogen (secondary N) is 1. The number of benzene rings is 1. The molecule has 3 rings (SSSR count). The molecule has 1 atom stereocenters. The van der Waals surface area contributed by atoms with Gasteiger partial charge in [-0.15, -0.1) is 0 Å². The van der Waals surface area contributed by atoms with Crippen molar-refractivity contribution in [3.63, 3.8) is 0 Å². The molecule has 20 heavy (non-hydrogen) atoms. The van der Waals surface area contributed by atoms with Gasteiger partial charge in [0.2, 0.25) is 11.7 Å². The zero-order chi connectivity index (χ0) is 14.2. The highest BCUT2D eigenvalue weighted by Gasteiger charge is 2.38. The van der Waals surface area contributed by atoms with E-state index in [-0.39, 0.29) is 11.4 Å². The minimum atomic E-state index is -0.282. The second-order valence-electron chi connectivity index (χ2n) is 5.41. The van der Waals surface area contributed by atoms with Crippen LogP contribution in [0.25, 0.3) is 11.4 Å². The Hall–Kier alpha value is -1.75. The van der Waals surface area contributed by atoms with E-state index >= 15 is 0 Å². The summed E-state index contributed by atoms with van der Waals surface area (Å²) in [5.74, 6) is 0.772. The number of nitrogens with zero attached hydrogens (tertiary/aromatic N) is 2. The number of halogens is 1. The molecule has 1 aliphatic heterocycles. The smallest absolute Gasteiger partial charge is 0.247 e. The molecule has 0 radical (unpaired) electrons. The van der Waals surface area contributed by atoms with Crippen LogP contribution >= 0.6 is 0 Å². The largest absolute Gasteiger partial charge is 0.337 e. The molecule has 4 nitrogen and oxygen atoms in total. The minimum absolute atomic E-state index is 0.215. The van der Waals surface area contributed by atoms with E-state index in [2.05, 4.69) is 22.4 Å². The molecule has 1 fully saturated rings. The molecule has 5 heteroatoms. The van der Waals surface area contributed by atoms with Crippen LogP contribution in [-0.4, -0.2) is 16.7 Å². The van der Waals surface area contributed by atoms with Gasteiger partial charge in [0.15, 0.2) is 0 Å². The highest BCUT2D eigenvalue weighted by atomic mass is 19.1. The zero-order valence-corrected chi connectivity index (χ0v) is 11.7. The molecule has 0 bridgehead atoms. The number of rotatable bonds is 3. The lowest BCUT2D eigenvalue weighted by molar-refractivity contribution is 0.250. The molecular formula is C15H18FN3O.